The van der Waals surface area contributed by atoms with Gasteiger partial charge in [0.2, 0.25) is 0 Å². The Morgan fingerprint density at radius 1 is 1.22 bits per heavy atom. The quantitative estimate of drug-likeness (QED) is 0.668. The number of halogens is 4. The van der Waals surface area contributed by atoms with Crippen LogP contribution < -0.4 is 5.73 Å². The van der Waals surface area contributed by atoms with E-state index in [0.29, 0.717) is 5.56 Å². The molecule has 0 atom stereocenters. The minimum Gasteiger partial charge on any atom is -0.399 e. The molecule has 0 fully saturated rings. The lowest BCUT2D eigenvalue weighted by Crippen LogP contribution is -2.38. The van der Waals surface area contributed by atoms with Crippen LogP contribution in [-0.2, 0) is 6.54 Å². The molecule has 102 valence electrons. The van der Waals surface area contributed by atoms with Crippen LogP contribution in [0.15, 0.2) is 18.2 Å². The SMILES string of the molecule is CC(C)N(Cc1cc(N)cc(F)c1)CC(F)(F)F. The van der Waals surface area contributed by atoms with Gasteiger partial charge in [0, 0.05) is 18.3 Å². The topological polar surface area (TPSA) is 29.3 Å². The summed E-state index contributed by atoms with van der Waals surface area (Å²) in [5.74, 6) is -0.541. The van der Waals surface area contributed by atoms with E-state index >= 15 is 0 Å². The first-order chi connectivity index (χ1) is 8.17. The van der Waals surface area contributed by atoms with Crippen LogP contribution in [0.3, 0.4) is 0 Å². The number of nitrogens with zero attached hydrogens (tertiary/aromatic N) is 1. The number of anilines is 1. The summed E-state index contributed by atoms with van der Waals surface area (Å²) < 4.78 is 50.3. The van der Waals surface area contributed by atoms with Crippen molar-refractivity contribution in [3.63, 3.8) is 0 Å². The van der Waals surface area contributed by atoms with Crippen LogP contribution >= 0.6 is 0 Å². The van der Waals surface area contributed by atoms with E-state index in [9.17, 15) is 17.6 Å². The zero-order valence-corrected chi connectivity index (χ0v) is 10.3. The summed E-state index contributed by atoms with van der Waals surface area (Å²) in [6.45, 7) is 2.31. The summed E-state index contributed by atoms with van der Waals surface area (Å²) in [6.07, 6.45) is -4.27. The molecule has 0 unspecified atom stereocenters. The molecule has 0 heterocycles. The minimum absolute atomic E-state index is 0.0130. The van der Waals surface area contributed by atoms with E-state index in [1.165, 1.54) is 17.0 Å². The van der Waals surface area contributed by atoms with Gasteiger partial charge in [0.1, 0.15) is 5.82 Å². The Kier molecular flexibility index (Phi) is 4.56. The Labute approximate surface area is 103 Å². The first-order valence-electron chi connectivity index (χ1n) is 5.53. The number of nitrogens with two attached hydrogens (primary N) is 1. The Hall–Kier alpha value is -1.30. The van der Waals surface area contributed by atoms with Crippen molar-refractivity contribution < 1.29 is 17.6 Å². The average molecular weight is 264 g/mol. The molecule has 18 heavy (non-hydrogen) atoms. The number of benzene rings is 1. The van der Waals surface area contributed by atoms with Crippen molar-refractivity contribution in [2.45, 2.75) is 32.6 Å². The van der Waals surface area contributed by atoms with Crippen molar-refractivity contribution in [1.82, 2.24) is 4.90 Å². The van der Waals surface area contributed by atoms with Crippen molar-refractivity contribution >= 4 is 5.69 Å². The van der Waals surface area contributed by atoms with Crippen LogP contribution in [0.5, 0.6) is 0 Å². The first kappa shape index (κ1) is 14.8. The molecule has 0 radical (unpaired) electrons. The standard InChI is InChI=1S/C12H16F4N2/c1-8(2)18(7-12(14,15)16)6-9-3-10(13)5-11(17)4-9/h3-5,8H,6-7,17H2,1-2H3. The molecule has 0 saturated carbocycles. The van der Waals surface area contributed by atoms with Gasteiger partial charge in [-0.1, -0.05) is 0 Å². The van der Waals surface area contributed by atoms with Crippen molar-refractivity contribution in [3.8, 4) is 0 Å². The Morgan fingerprint density at radius 3 is 2.28 bits per heavy atom. The Bertz CT molecular complexity index is 381. The van der Waals surface area contributed by atoms with E-state index in [2.05, 4.69) is 0 Å². The minimum atomic E-state index is -4.27. The van der Waals surface area contributed by atoms with Crippen LogP contribution in [0, 0.1) is 5.82 Å². The Balaban J connectivity index is 2.83. The average Bonchev–Trinajstić information content (AvgIpc) is 2.12. The van der Waals surface area contributed by atoms with Gasteiger partial charge >= 0.3 is 6.18 Å². The summed E-state index contributed by atoms with van der Waals surface area (Å²) in [4.78, 5) is 1.22. The molecule has 0 spiro atoms. The maximum atomic E-state index is 13.1. The number of nitrogen functional groups attached to an aromatic ring is 1. The summed E-state index contributed by atoms with van der Waals surface area (Å²) in [7, 11) is 0. The first-order valence-corrected chi connectivity index (χ1v) is 5.53. The highest BCUT2D eigenvalue weighted by molar-refractivity contribution is 5.41. The van der Waals surface area contributed by atoms with Gasteiger partial charge in [-0.05, 0) is 37.6 Å². The highest BCUT2D eigenvalue weighted by Crippen LogP contribution is 2.21. The van der Waals surface area contributed by atoms with Crippen molar-refractivity contribution in [1.29, 1.82) is 0 Å². The summed E-state index contributed by atoms with van der Waals surface area (Å²) >= 11 is 0. The summed E-state index contributed by atoms with van der Waals surface area (Å²) in [5.41, 5.74) is 6.10. The van der Waals surface area contributed by atoms with Gasteiger partial charge < -0.3 is 5.73 Å². The molecule has 1 aromatic carbocycles. The van der Waals surface area contributed by atoms with E-state index in [0.717, 1.165) is 6.07 Å². The zero-order chi connectivity index (χ0) is 13.9. The maximum absolute atomic E-state index is 13.1. The smallest absolute Gasteiger partial charge is 0.399 e. The number of hydrogen-bond donors (Lipinski definition) is 1. The highest BCUT2D eigenvalue weighted by Gasteiger charge is 2.31. The molecule has 0 saturated heterocycles. The van der Waals surface area contributed by atoms with E-state index in [1.54, 1.807) is 13.8 Å². The van der Waals surface area contributed by atoms with E-state index in [-0.39, 0.29) is 18.3 Å². The molecule has 2 N–H and O–H groups in total. The molecule has 1 aromatic rings. The highest BCUT2D eigenvalue weighted by atomic mass is 19.4. The molecule has 0 aliphatic rings. The van der Waals surface area contributed by atoms with E-state index in [4.69, 9.17) is 5.73 Å². The molecule has 0 aliphatic carbocycles. The fourth-order valence-corrected chi connectivity index (χ4v) is 1.65. The molecule has 0 aliphatic heterocycles. The molecule has 0 aromatic heterocycles. The van der Waals surface area contributed by atoms with Gasteiger partial charge in [-0.15, -0.1) is 0 Å². The molecule has 0 amide bonds. The van der Waals surface area contributed by atoms with Crippen LogP contribution in [-0.4, -0.2) is 23.7 Å². The monoisotopic (exact) mass is 264 g/mol. The molecule has 2 nitrogen and oxygen atoms in total. The molecule has 0 bridgehead atoms. The second-order valence-corrected chi connectivity index (χ2v) is 4.51. The molecular formula is C12H16F4N2. The largest absolute Gasteiger partial charge is 0.401 e. The number of rotatable bonds is 4. The number of hydrogen-bond acceptors (Lipinski definition) is 2. The molecule has 6 heteroatoms. The predicted octanol–water partition coefficient (Wildman–Crippen LogP) is 3.18. The molecule has 1 rings (SSSR count). The van der Waals surface area contributed by atoms with Gasteiger partial charge in [-0.2, -0.15) is 13.2 Å². The van der Waals surface area contributed by atoms with Crippen LogP contribution in [0.25, 0.3) is 0 Å². The Morgan fingerprint density at radius 2 is 1.83 bits per heavy atom. The predicted molar refractivity (Wildman–Crippen MR) is 62.4 cm³/mol. The van der Waals surface area contributed by atoms with Gasteiger partial charge in [-0.25, -0.2) is 4.39 Å². The molecular weight excluding hydrogens is 248 g/mol. The van der Waals surface area contributed by atoms with Crippen molar-refractivity contribution in [2.24, 2.45) is 0 Å². The van der Waals surface area contributed by atoms with Gasteiger partial charge in [0.25, 0.3) is 0 Å². The van der Waals surface area contributed by atoms with Gasteiger partial charge in [0.15, 0.2) is 0 Å². The second kappa shape index (κ2) is 5.56. The second-order valence-electron chi connectivity index (χ2n) is 4.51. The maximum Gasteiger partial charge on any atom is 0.401 e. The van der Waals surface area contributed by atoms with Gasteiger partial charge in [0.05, 0.1) is 6.54 Å². The van der Waals surface area contributed by atoms with Crippen molar-refractivity contribution in [3.05, 3.63) is 29.6 Å². The van der Waals surface area contributed by atoms with Crippen LogP contribution in [0.2, 0.25) is 0 Å². The van der Waals surface area contributed by atoms with Gasteiger partial charge in [-0.3, -0.25) is 4.90 Å². The van der Waals surface area contributed by atoms with E-state index < -0.39 is 18.5 Å². The third-order valence-electron chi connectivity index (χ3n) is 2.48. The lowest BCUT2D eigenvalue weighted by Gasteiger charge is -2.27. The lowest BCUT2D eigenvalue weighted by atomic mass is 10.1. The fourth-order valence-electron chi connectivity index (χ4n) is 1.65. The van der Waals surface area contributed by atoms with Crippen LogP contribution in [0.4, 0.5) is 23.2 Å². The fraction of sp³-hybridized carbons (Fsp3) is 0.500. The van der Waals surface area contributed by atoms with E-state index in [1.807, 2.05) is 0 Å². The van der Waals surface area contributed by atoms with Crippen molar-refractivity contribution in [2.75, 3.05) is 12.3 Å². The third kappa shape index (κ3) is 4.91. The van der Waals surface area contributed by atoms with Crippen LogP contribution in [0.1, 0.15) is 19.4 Å². The normalized spacial score (nSPS) is 12.4. The summed E-state index contributed by atoms with van der Waals surface area (Å²) in [6, 6.07) is 3.51. The lowest BCUT2D eigenvalue weighted by molar-refractivity contribution is -0.150. The number of alkyl halides is 3. The zero-order valence-electron chi connectivity index (χ0n) is 10.3. The summed E-state index contributed by atoms with van der Waals surface area (Å²) in [5, 5.41) is 0. The third-order valence-corrected chi connectivity index (χ3v) is 2.48.